The zero-order valence-corrected chi connectivity index (χ0v) is 12.1. The Morgan fingerprint density at radius 1 is 1.14 bits per heavy atom. The Morgan fingerprint density at radius 2 is 1.86 bits per heavy atom. The van der Waals surface area contributed by atoms with Gasteiger partial charge in [-0.25, -0.2) is 4.68 Å². The number of benzene rings is 2. The second kappa shape index (κ2) is 5.22. The lowest BCUT2D eigenvalue weighted by Gasteiger charge is -2.14. The van der Waals surface area contributed by atoms with E-state index in [9.17, 15) is 9.90 Å². The van der Waals surface area contributed by atoms with E-state index in [0.717, 1.165) is 22.0 Å². The Labute approximate surface area is 122 Å². The van der Waals surface area contributed by atoms with E-state index in [1.54, 1.807) is 6.92 Å². The number of aromatic nitrogens is 2. The fraction of sp³-hybridized carbons (Fsp3) is 0.235. The molecule has 1 unspecified atom stereocenters. The largest absolute Gasteiger partial charge is 0.386 e. The van der Waals surface area contributed by atoms with E-state index in [1.165, 1.54) is 4.68 Å². The van der Waals surface area contributed by atoms with Crippen molar-refractivity contribution in [2.75, 3.05) is 0 Å². The van der Waals surface area contributed by atoms with Gasteiger partial charge in [-0.05, 0) is 30.2 Å². The summed E-state index contributed by atoms with van der Waals surface area (Å²) in [5, 5.41) is 15.6. The van der Waals surface area contributed by atoms with Crippen molar-refractivity contribution in [3.8, 4) is 0 Å². The zero-order valence-electron chi connectivity index (χ0n) is 12.1. The molecule has 21 heavy (non-hydrogen) atoms. The monoisotopic (exact) mass is 282 g/mol. The first-order valence-electron chi connectivity index (χ1n) is 6.99. The highest BCUT2D eigenvalue weighted by molar-refractivity contribution is 5.85. The number of nitrogens with one attached hydrogen (secondary N) is 1. The number of fused-ring (bicyclic) bond motifs is 1. The van der Waals surface area contributed by atoms with Crippen molar-refractivity contribution < 1.29 is 5.11 Å². The summed E-state index contributed by atoms with van der Waals surface area (Å²) in [4.78, 5) is 12.0. The molecule has 3 rings (SSSR count). The van der Waals surface area contributed by atoms with Crippen LogP contribution < -0.4 is 5.56 Å². The third-order valence-electron chi connectivity index (χ3n) is 3.97. The molecule has 0 amide bonds. The molecule has 0 bridgehead atoms. The Bertz CT molecular complexity index is 840. The maximum atomic E-state index is 12.0. The zero-order chi connectivity index (χ0) is 15.0. The van der Waals surface area contributed by atoms with Gasteiger partial charge in [-0.15, -0.1) is 0 Å². The van der Waals surface area contributed by atoms with Crippen LogP contribution in [-0.4, -0.2) is 14.9 Å². The Kier molecular flexibility index (Phi) is 3.39. The number of hydrogen-bond acceptors (Lipinski definition) is 2. The summed E-state index contributed by atoms with van der Waals surface area (Å²) in [6.45, 7) is 3.87. The number of aliphatic hydroxyl groups excluding tert-OH is 1. The molecule has 108 valence electrons. The predicted molar refractivity (Wildman–Crippen MR) is 83.4 cm³/mol. The molecule has 0 radical (unpaired) electrons. The van der Waals surface area contributed by atoms with Gasteiger partial charge in [-0.2, -0.15) is 0 Å². The fourth-order valence-electron chi connectivity index (χ4n) is 2.64. The third-order valence-corrected chi connectivity index (χ3v) is 3.97. The molecule has 0 spiro atoms. The second-order valence-corrected chi connectivity index (χ2v) is 5.36. The van der Waals surface area contributed by atoms with Crippen molar-refractivity contribution in [3.05, 3.63) is 69.6 Å². The summed E-state index contributed by atoms with van der Waals surface area (Å²) in [7, 11) is 0. The minimum Gasteiger partial charge on any atom is -0.386 e. The first kappa shape index (κ1) is 13.6. The van der Waals surface area contributed by atoms with Crippen molar-refractivity contribution >= 4 is 10.8 Å². The van der Waals surface area contributed by atoms with E-state index in [1.807, 2.05) is 49.4 Å². The van der Waals surface area contributed by atoms with Gasteiger partial charge in [0.25, 0.3) is 5.56 Å². The first-order valence-corrected chi connectivity index (χ1v) is 6.99. The van der Waals surface area contributed by atoms with Crippen LogP contribution in [0.5, 0.6) is 0 Å². The molecule has 0 saturated carbocycles. The fourth-order valence-corrected chi connectivity index (χ4v) is 2.64. The molecule has 2 N–H and O–H groups in total. The van der Waals surface area contributed by atoms with E-state index < -0.39 is 6.10 Å². The molecule has 4 heteroatoms. The normalized spacial score (nSPS) is 12.7. The Hall–Kier alpha value is -2.33. The van der Waals surface area contributed by atoms with E-state index >= 15 is 0 Å². The molecule has 0 aliphatic rings. The second-order valence-electron chi connectivity index (χ2n) is 5.36. The number of aromatic amines is 1. The molecule has 1 heterocycles. The number of nitrogens with zero attached hydrogens (tertiary/aromatic N) is 1. The maximum Gasteiger partial charge on any atom is 0.269 e. The lowest BCUT2D eigenvalue weighted by Crippen LogP contribution is -2.22. The van der Waals surface area contributed by atoms with Gasteiger partial charge in [-0.3, -0.25) is 9.89 Å². The molecule has 1 atom stereocenters. The summed E-state index contributed by atoms with van der Waals surface area (Å²) < 4.78 is 1.47. The highest BCUT2D eigenvalue weighted by Gasteiger charge is 2.14. The topological polar surface area (TPSA) is 58.0 Å². The van der Waals surface area contributed by atoms with Gasteiger partial charge < -0.3 is 5.11 Å². The summed E-state index contributed by atoms with van der Waals surface area (Å²) in [5.41, 5.74) is 2.29. The number of H-pyrrole nitrogens is 1. The van der Waals surface area contributed by atoms with Crippen molar-refractivity contribution in [2.45, 2.75) is 26.5 Å². The van der Waals surface area contributed by atoms with Crippen LogP contribution in [0.1, 0.15) is 22.9 Å². The third kappa shape index (κ3) is 2.38. The first-order chi connectivity index (χ1) is 10.1. The van der Waals surface area contributed by atoms with Crippen LogP contribution in [0, 0.1) is 13.8 Å². The predicted octanol–water partition coefficient (Wildman–Crippen LogP) is 2.68. The summed E-state index contributed by atoms with van der Waals surface area (Å²) >= 11 is 0. The van der Waals surface area contributed by atoms with Gasteiger partial charge in [0.1, 0.15) is 0 Å². The van der Waals surface area contributed by atoms with Gasteiger partial charge in [0, 0.05) is 11.3 Å². The molecule has 1 aromatic heterocycles. The van der Waals surface area contributed by atoms with Gasteiger partial charge in [-0.1, -0.05) is 42.5 Å². The van der Waals surface area contributed by atoms with Crippen molar-refractivity contribution in [1.29, 1.82) is 0 Å². The molecule has 3 aromatic rings. The lowest BCUT2D eigenvalue weighted by atomic mass is 10.0. The van der Waals surface area contributed by atoms with Crippen LogP contribution in [0.25, 0.3) is 10.8 Å². The summed E-state index contributed by atoms with van der Waals surface area (Å²) in [6, 6.07) is 13.8. The van der Waals surface area contributed by atoms with Crippen LogP contribution in [0.3, 0.4) is 0 Å². The molecular formula is C17H18N2O2. The van der Waals surface area contributed by atoms with Crippen molar-refractivity contribution in [1.82, 2.24) is 9.78 Å². The highest BCUT2D eigenvalue weighted by Crippen LogP contribution is 2.24. The standard InChI is InChI=1S/C17H18N2O2/c1-11-12(2)18-19(17(11)21)10-16(20)15-9-5-7-13-6-3-4-8-14(13)15/h3-9,16,18,20H,10H2,1-2H3. The number of hydrogen-bond donors (Lipinski definition) is 2. The Morgan fingerprint density at radius 3 is 2.57 bits per heavy atom. The van der Waals surface area contributed by atoms with Gasteiger partial charge in [0.05, 0.1) is 12.6 Å². The SMILES string of the molecule is Cc1[nH]n(CC(O)c2cccc3ccccc23)c(=O)c1C. The van der Waals surface area contributed by atoms with Crippen LogP contribution in [0.15, 0.2) is 47.3 Å². The van der Waals surface area contributed by atoms with Crippen molar-refractivity contribution in [3.63, 3.8) is 0 Å². The molecule has 0 aliphatic carbocycles. The number of rotatable bonds is 3. The number of aryl methyl sites for hydroxylation is 1. The minimum atomic E-state index is -0.730. The van der Waals surface area contributed by atoms with E-state index in [0.29, 0.717) is 5.56 Å². The molecule has 2 aromatic carbocycles. The van der Waals surface area contributed by atoms with Crippen LogP contribution in [0.4, 0.5) is 0 Å². The smallest absolute Gasteiger partial charge is 0.269 e. The summed E-state index contributed by atoms with van der Waals surface area (Å²) in [5.74, 6) is 0. The Balaban J connectivity index is 1.99. The average Bonchev–Trinajstić information content (AvgIpc) is 2.74. The van der Waals surface area contributed by atoms with Crippen molar-refractivity contribution in [2.24, 2.45) is 0 Å². The lowest BCUT2D eigenvalue weighted by molar-refractivity contribution is 0.151. The maximum absolute atomic E-state index is 12.0. The molecule has 0 saturated heterocycles. The van der Waals surface area contributed by atoms with Gasteiger partial charge in [0.15, 0.2) is 0 Å². The van der Waals surface area contributed by atoms with Crippen LogP contribution >= 0.6 is 0 Å². The summed E-state index contributed by atoms with van der Waals surface area (Å²) in [6.07, 6.45) is -0.730. The van der Waals surface area contributed by atoms with Gasteiger partial charge >= 0.3 is 0 Å². The quantitative estimate of drug-likeness (QED) is 0.776. The van der Waals surface area contributed by atoms with Crippen LogP contribution in [-0.2, 0) is 6.54 Å². The molecule has 0 aliphatic heterocycles. The minimum absolute atomic E-state index is 0.0770. The molecule has 4 nitrogen and oxygen atoms in total. The number of aliphatic hydroxyl groups is 1. The average molecular weight is 282 g/mol. The van der Waals surface area contributed by atoms with Gasteiger partial charge in [0.2, 0.25) is 0 Å². The van der Waals surface area contributed by atoms with E-state index in [2.05, 4.69) is 5.10 Å². The highest BCUT2D eigenvalue weighted by atomic mass is 16.3. The van der Waals surface area contributed by atoms with E-state index in [4.69, 9.17) is 0 Å². The molecular weight excluding hydrogens is 264 g/mol. The molecule has 0 fully saturated rings. The van der Waals surface area contributed by atoms with E-state index in [-0.39, 0.29) is 12.1 Å². The van der Waals surface area contributed by atoms with Crippen LogP contribution in [0.2, 0.25) is 0 Å².